The Kier molecular flexibility index (Phi) is 5.89. The van der Waals surface area contributed by atoms with Crippen LogP contribution in [-0.2, 0) is 6.42 Å². The van der Waals surface area contributed by atoms with Gasteiger partial charge in [-0.2, -0.15) is 4.98 Å². The molecule has 2 N–H and O–H groups in total. The van der Waals surface area contributed by atoms with Gasteiger partial charge < -0.3 is 15.5 Å². The first-order valence-electron chi connectivity index (χ1n) is 9.25. The molecule has 0 aliphatic carbocycles. The van der Waals surface area contributed by atoms with Gasteiger partial charge in [-0.3, -0.25) is 4.79 Å². The van der Waals surface area contributed by atoms with Gasteiger partial charge in [-0.05, 0) is 55.3 Å². The third-order valence-corrected chi connectivity index (χ3v) is 4.32. The fourth-order valence-corrected chi connectivity index (χ4v) is 2.70. The quantitative estimate of drug-likeness (QED) is 0.668. The van der Waals surface area contributed by atoms with Crippen LogP contribution in [0, 0.1) is 6.92 Å². The monoisotopic (exact) mass is 375 g/mol. The maximum Gasteiger partial charge on any atom is 0.255 e. The number of aromatic nitrogens is 2. The molecule has 0 saturated heterocycles. The summed E-state index contributed by atoms with van der Waals surface area (Å²) in [7, 11) is 3.89. The van der Waals surface area contributed by atoms with Crippen molar-refractivity contribution in [3.63, 3.8) is 0 Å². The molecule has 0 atom stereocenters. The van der Waals surface area contributed by atoms with E-state index in [1.165, 1.54) is 5.56 Å². The number of carbonyl (C=O) groups excluding carboxylic acids is 1. The minimum atomic E-state index is -0.124. The Bertz CT molecular complexity index is 950. The van der Waals surface area contributed by atoms with E-state index in [0.29, 0.717) is 11.5 Å². The summed E-state index contributed by atoms with van der Waals surface area (Å²) in [5.41, 5.74) is 4.32. The van der Waals surface area contributed by atoms with Gasteiger partial charge in [0.2, 0.25) is 5.95 Å². The van der Waals surface area contributed by atoms with Crippen LogP contribution >= 0.6 is 0 Å². The smallest absolute Gasteiger partial charge is 0.255 e. The van der Waals surface area contributed by atoms with Crippen LogP contribution < -0.4 is 15.5 Å². The summed E-state index contributed by atoms with van der Waals surface area (Å²) in [5.74, 6) is 1.26. The molecule has 6 heteroatoms. The van der Waals surface area contributed by atoms with Gasteiger partial charge in [0.25, 0.3) is 5.91 Å². The predicted molar refractivity (Wildman–Crippen MR) is 115 cm³/mol. The minimum absolute atomic E-state index is 0.124. The van der Waals surface area contributed by atoms with Gasteiger partial charge in [0, 0.05) is 42.8 Å². The molecule has 1 aromatic heterocycles. The third kappa shape index (κ3) is 4.85. The molecule has 0 fully saturated rings. The van der Waals surface area contributed by atoms with Gasteiger partial charge >= 0.3 is 0 Å². The number of hydrogen-bond acceptors (Lipinski definition) is 5. The Morgan fingerprint density at radius 1 is 0.964 bits per heavy atom. The largest absolute Gasteiger partial charge is 0.363 e. The van der Waals surface area contributed by atoms with Crippen LogP contribution in [0.3, 0.4) is 0 Å². The Morgan fingerprint density at radius 2 is 1.61 bits per heavy atom. The summed E-state index contributed by atoms with van der Waals surface area (Å²) in [6.45, 7) is 4.03. The van der Waals surface area contributed by atoms with Crippen LogP contribution in [0.15, 0.2) is 54.6 Å². The average molecular weight is 375 g/mol. The molecule has 0 spiro atoms. The van der Waals surface area contributed by atoms with E-state index < -0.39 is 0 Å². The molecule has 1 amide bonds. The number of anilines is 4. The van der Waals surface area contributed by atoms with Gasteiger partial charge in [-0.25, -0.2) is 4.98 Å². The number of carbonyl (C=O) groups is 1. The molecular weight excluding hydrogens is 350 g/mol. The van der Waals surface area contributed by atoms with Gasteiger partial charge in [-0.15, -0.1) is 0 Å². The summed E-state index contributed by atoms with van der Waals surface area (Å²) in [5, 5.41) is 6.12. The highest BCUT2D eigenvalue weighted by molar-refractivity contribution is 6.04. The van der Waals surface area contributed by atoms with Gasteiger partial charge in [0.1, 0.15) is 5.82 Å². The van der Waals surface area contributed by atoms with E-state index in [4.69, 9.17) is 0 Å². The van der Waals surface area contributed by atoms with Gasteiger partial charge in [0.15, 0.2) is 0 Å². The molecule has 0 bridgehead atoms. The molecule has 3 aromatic rings. The Morgan fingerprint density at radius 3 is 2.21 bits per heavy atom. The molecule has 0 aliphatic rings. The van der Waals surface area contributed by atoms with Crippen molar-refractivity contribution in [2.24, 2.45) is 0 Å². The lowest BCUT2D eigenvalue weighted by molar-refractivity contribution is 0.102. The summed E-state index contributed by atoms with van der Waals surface area (Å²) in [6.07, 6.45) is 0.955. The maximum atomic E-state index is 12.4. The second-order valence-corrected chi connectivity index (χ2v) is 6.79. The van der Waals surface area contributed by atoms with E-state index in [2.05, 4.69) is 27.5 Å². The SMILES string of the molecule is CCc1ccc(C(=O)Nc2ccc(Nc3nc(C)cc(N(C)C)n3)cc2)cc1. The van der Waals surface area contributed by atoms with Crippen molar-refractivity contribution in [3.8, 4) is 0 Å². The van der Waals surface area contributed by atoms with E-state index in [1.807, 2.05) is 80.5 Å². The number of amides is 1. The lowest BCUT2D eigenvalue weighted by Gasteiger charge is -2.14. The highest BCUT2D eigenvalue weighted by atomic mass is 16.1. The number of nitrogens with one attached hydrogen (secondary N) is 2. The third-order valence-electron chi connectivity index (χ3n) is 4.32. The van der Waals surface area contributed by atoms with E-state index in [0.717, 1.165) is 29.3 Å². The molecular formula is C22H25N5O. The fraction of sp³-hybridized carbons (Fsp3) is 0.227. The Hall–Kier alpha value is -3.41. The molecule has 0 saturated carbocycles. The van der Waals surface area contributed by atoms with Crippen molar-refractivity contribution in [3.05, 3.63) is 71.4 Å². The fourth-order valence-electron chi connectivity index (χ4n) is 2.70. The Balaban J connectivity index is 1.67. The molecule has 2 aromatic carbocycles. The molecule has 0 aliphatic heterocycles. The summed E-state index contributed by atoms with van der Waals surface area (Å²) < 4.78 is 0. The van der Waals surface area contributed by atoms with Crippen LogP contribution in [0.2, 0.25) is 0 Å². The standard InChI is InChI=1S/C22H25N5O/c1-5-16-6-8-17(9-7-16)21(28)24-18-10-12-19(13-11-18)25-22-23-15(2)14-20(26-22)27(3)4/h6-14H,5H2,1-4H3,(H,24,28)(H,23,25,26). The molecule has 0 radical (unpaired) electrons. The van der Waals surface area contributed by atoms with Crippen LogP contribution in [-0.4, -0.2) is 30.0 Å². The molecule has 0 unspecified atom stereocenters. The van der Waals surface area contributed by atoms with Crippen molar-refractivity contribution in [2.75, 3.05) is 29.6 Å². The van der Waals surface area contributed by atoms with Crippen LogP contribution in [0.5, 0.6) is 0 Å². The molecule has 144 valence electrons. The second kappa shape index (κ2) is 8.52. The topological polar surface area (TPSA) is 70.2 Å². The maximum absolute atomic E-state index is 12.4. The first-order chi connectivity index (χ1) is 13.4. The zero-order valence-corrected chi connectivity index (χ0v) is 16.7. The van der Waals surface area contributed by atoms with Crippen LogP contribution in [0.1, 0.15) is 28.5 Å². The Labute approximate surface area is 165 Å². The lowest BCUT2D eigenvalue weighted by atomic mass is 10.1. The van der Waals surface area contributed by atoms with E-state index >= 15 is 0 Å². The highest BCUT2D eigenvalue weighted by Gasteiger charge is 2.07. The van der Waals surface area contributed by atoms with Crippen molar-refractivity contribution < 1.29 is 4.79 Å². The average Bonchev–Trinajstić information content (AvgIpc) is 2.69. The predicted octanol–water partition coefficient (Wildman–Crippen LogP) is 4.41. The number of hydrogen-bond donors (Lipinski definition) is 2. The zero-order chi connectivity index (χ0) is 20.1. The van der Waals surface area contributed by atoms with E-state index in [1.54, 1.807) is 0 Å². The number of rotatable bonds is 6. The number of nitrogens with zero attached hydrogens (tertiary/aromatic N) is 3. The van der Waals surface area contributed by atoms with Gasteiger partial charge in [-0.1, -0.05) is 19.1 Å². The second-order valence-electron chi connectivity index (χ2n) is 6.79. The van der Waals surface area contributed by atoms with Crippen LogP contribution in [0.4, 0.5) is 23.1 Å². The van der Waals surface area contributed by atoms with Gasteiger partial charge in [0.05, 0.1) is 0 Å². The van der Waals surface area contributed by atoms with Crippen molar-refractivity contribution in [1.29, 1.82) is 0 Å². The molecule has 28 heavy (non-hydrogen) atoms. The molecule has 1 heterocycles. The molecule has 3 rings (SSSR count). The first-order valence-corrected chi connectivity index (χ1v) is 9.25. The number of benzene rings is 2. The normalized spacial score (nSPS) is 10.4. The summed E-state index contributed by atoms with van der Waals surface area (Å²) >= 11 is 0. The number of aryl methyl sites for hydroxylation is 2. The molecule has 6 nitrogen and oxygen atoms in total. The zero-order valence-electron chi connectivity index (χ0n) is 16.7. The van der Waals surface area contributed by atoms with Crippen molar-refractivity contribution in [2.45, 2.75) is 20.3 Å². The van der Waals surface area contributed by atoms with E-state index in [-0.39, 0.29) is 5.91 Å². The van der Waals surface area contributed by atoms with E-state index in [9.17, 15) is 4.79 Å². The van der Waals surface area contributed by atoms with Crippen LogP contribution in [0.25, 0.3) is 0 Å². The minimum Gasteiger partial charge on any atom is -0.363 e. The summed E-state index contributed by atoms with van der Waals surface area (Å²) in [4.78, 5) is 23.2. The van der Waals surface area contributed by atoms with Crippen molar-refractivity contribution >= 4 is 29.0 Å². The first kappa shape index (κ1) is 19.4. The van der Waals surface area contributed by atoms with Crippen molar-refractivity contribution in [1.82, 2.24) is 9.97 Å². The lowest BCUT2D eigenvalue weighted by Crippen LogP contribution is -2.13. The summed E-state index contributed by atoms with van der Waals surface area (Å²) in [6, 6.07) is 17.1. The highest BCUT2D eigenvalue weighted by Crippen LogP contribution is 2.19.